The highest BCUT2D eigenvalue weighted by Crippen LogP contribution is 2.26. The number of benzene rings is 1. The Bertz CT molecular complexity index is 411. The van der Waals surface area contributed by atoms with Crippen LogP contribution in [0.15, 0.2) is 29.2 Å². The van der Waals surface area contributed by atoms with Gasteiger partial charge in [0, 0.05) is 29.7 Å². The van der Waals surface area contributed by atoms with Crippen LogP contribution < -0.4 is 10.6 Å². The van der Waals surface area contributed by atoms with E-state index in [4.69, 9.17) is 11.6 Å². The smallest absolute Gasteiger partial charge is 0.221 e. The first-order valence-electron chi connectivity index (χ1n) is 6.13. The molecule has 1 amide bonds. The summed E-state index contributed by atoms with van der Waals surface area (Å²) in [6, 6.07) is 8.02. The van der Waals surface area contributed by atoms with Gasteiger partial charge in [0.1, 0.15) is 0 Å². The highest BCUT2D eigenvalue weighted by Gasteiger charge is 2.16. The first kappa shape index (κ1) is 16.6. The average molecular weight is 321 g/mol. The lowest BCUT2D eigenvalue weighted by molar-refractivity contribution is -0.121. The maximum absolute atomic E-state index is 11.7. The van der Waals surface area contributed by atoms with Crippen molar-refractivity contribution in [1.82, 2.24) is 10.6 Å². The molecule has 0 radical (unpaired) electrons. The van der Waals surface area contributed by atoms with Gasteiger partial charge in [-0.25, -0.2) is 0 Å². The van der Waals surface area contributed by atoms with Crippen molar-refractivity contribution >= 4 is 41.7 Å². The van der Waals surface area contributed by atoms with Crippen LogP contribution in [0.5, 0.6) is 0 Å². The molecule has 0 spiro atoms. The van der Waals surface area contributed by atoms with E-state index in [1.807, 2.05) is 24.3 Å². The molecule has 0 saturated carbocycles. The normalized spacial score (nSPS) is 17.8. The highest BCUT2D eigenvalue weighted by atomic mass is 35.5. The van der Waals surface area contributed by atoms with Crippen molar-refractivity contribution < 1.29 is 4.79 Å². The zero-order chi connectivity index (χ0) is 12.8. The highest BCUT2D eigenvalue weighted by molar-refractivity contribution is 7.99. The number of hydrogen-bond donors (Lipinski definition) is 2. The number of amides is 1. The van der Waals surface area contributed by atoms with Crippen molar-refractivity contribution in [2.24, 2.45) is 0 Å². The van der Waals surface area contributed by atoms with E-state index in [-0.39, 0.29) is 18.3 Å². The quantitative estimate of drug-likeness (QED) is 0.820. The lowest BCUT2D eigenvalue weighted by Gasteiger charge is -2.11. The van der Waals surface area contributed by atoms with Crippen molar-refractivity contribution in [3.05, 3.63) is 29.3 Å². The Kier molecular flexibility index (Phi) is 7.61. The fourth-order valence-electron chi connectivity index (χ4n) is 1.89. The summed E-state index contributed by atoms with van der Waals surface area (Å²) in [4.78, 5) is 12.7. The van der Waals surface area contributed by atoms with Crippen LogP contribution in [0.4, 0.5) is 0 Å². The minimum absolute atomic E-state index is 0. The lowest BCUT2D eigenvalue weighted by atomic mass is 10.2. The summed E-state index contributed by atoms with van der Waals surface area (Å²) in [7, 11) is 0. The molecule has 1 aliphatic rings. The molecule has 1 heterocycles. The topological polar surface area (TPSA) is 41.1 Å². The van der Waals surface area contributed by atoms with Gasteiger partial charge < -0.3 is 10.6 Å². The lowest BCUT2D eigenvalue weighted by Crippen LogP contribution is -2.36. The van der Waals surface area contributed by atoms with E-state index in [9.17, 15) is 4.79 Å². The minimum atomic E-state index is 0. The SMILES string of the molecule is Cl.O=C(CCSc1ccccc1Cl)NC1CCNC1. The Morgan fingerprint density at radius 1 is 1.47 bits per heavy atom. The van der Waals surface area contributed by atoms with Crippen LogP contribution in [0, 0.1) is 0 Å². The second-order valence-electron chi connectivity index (χ2n) is 4.29. The largest absolute Gasteiger partial charge is 0.352 e. The summed E-state index contributed by atoms with van der Waals surface area (Å²) in [5.74, 6) is 0.888. The van der Waals surface area contributed by atoms with Crippen LogP contribution in [-0.4, -0.2) is 30.8 Å². The third-order valence-corrected chi connectivity index (χ3v) is 4.37. The predicted octanol–water partition coefficient (Wildman–Crippen LogP) is 2.72. The molecule has 1 saturated heterocycles. The Morgan fingerprint density at radius 3 is 2.95 bits per heavy atom. The van der Waals surface area contributed by atoms with Gasteiger partial charge in [0.05, 0.1) is 5.02 Å². The van der Waals surface area contributed by atoms with Crippen molar-refractivity contribution in [3.63, 3.8) is 0 Å². The van der Waals surface area contributed by atoms with Crippen LogP contribution in [0.1, 0.15) is 12.8 Å². The maximum atomic E-state index is 11.7. The molecule has 0 aliphatic carbocycles. The number of carbonyl (C=O) groups excluding carboxylic acids is 1. The Labute approximate surface area is 129 Å². The number of hydrogen-bond acceptors (Lipinski definition) is 3. The second-order valence-corrected chi connectivity index (χ2v) is 5.83. The van der Waals surface area contributed by atoms with E-state index in [1.165, 1.54) is 0 Å². The Morgan fingerprint density at radius 2 is 2.26 bits per heavy atom. The molecule has 2 N–H and O–H groups in total. The summed E-state index contributed by atoms with van der Waals surface area (Å²) in [5.41, 5.74) is 0. The molecule has 1 fully saturated rings. The van der Waals surface area contributed by atoms with Gasteiger partial charge in [-0.2, -0.15) is 0 Å². The maximum Gasteiger partial charge on any atom is 0.221 e. The average Bonchev–Trinajstić information content (AvgIpc) is 2.84. The van der Waals surface area contributed by atoms with E-state index in [0.29, 0.717) is 12.5 Å². The van der Waals surface area contributed by atoms with Gasteiger partial charge in [0.2, 0.25) is 5.91 Å². The number of carbonyl (C=O) groups is 1. The molecule has 1 aliphatic heterocycles. The monoisotopic (exact) mass is 320 g/mol. The van der Waals surface area contributed by atoms with Gasteiger partial charge in [0.25, 0.3) is 0 Å². The van der Waals surface area contributed by atoms with E-state index >= 15 is 0 Å². The van der Waals surface area contributed by atoms with Crippen molar-refractivity contribution in [2.45, 2.75) is 23.8 Å². The first-order valence-corrected chi connectivity index (χ1v) is 7.49. The summed E-state index contributed by atoms with van der Waals surface area (Å²) >= 11 is 7.67. The molecular formula is C13H18Cl2N2OS. The fourth-order valence-corrected chi connectivity index (χ4v) is 3.08. The Balaban J connectivity index is 0.00000180. The van der Waals surface area contributed by atoms with E-state index < -0.39 is 0 Å². The molecule has 3 nitrogen and oxygen atoms in total. The predicted molar refractivity (Wildman–Crippen MR) is 83.5 cm³/mol. The molecule has 0 aromatic heterocycles. The minimum Gasteiger partial charge on any atom is -0.352 e. The first-order chi connectivity index (χ1) is 8.75. The molecule has 1 unspecified atom stereocenters. The van der Waals surface area contributed by atoms with Crippen molar-refractivity contribution in [2.75, 3.05) is 18.8 Å². The summed E-state index contributed by atoms with van der Waals surface area (Å²) in [6.07, 6.45) is 1.57. The Hall–Kier alpha value is -0.420. The fraction of sp³-hybridized carbons (Fsp3) is 0.462. The summed E-state index contributed by atoms with van der Waals surface area (Å²) < 4.78 is 0. The third-order valence-electron chi connectivity index (χ3n) is 2.85. The number of nitrogens with one attached hydrogen (secondary N) is 2. The van der Waals surface area contributed by atoms with Crippen LogP contribution in [0.3, 0.4) is 0 Å². The van der Waals surface area contributed by atoms with Gasteiger partial charge in [-0.15, -0.1) is 24.2 Å². The van der Waals surface area contributed by atoms with Gasteiger partial charge in [-0.1, -0.05) is 23.7 Å². The molecule has 19 heavy (non-hydrogen) atoms. The molecule has 1 aromatic carbocycles. The molecule has 106 valence electrons. The number of thioether (sulfide) groups is 1. The van der Waals surface area contributed by atoms with Crippen LogP contribution in [0.25, 0.3) is 0 Å². The molecule has 6 heteroatoms. The summed E-state index contributed by atoms with van der Waals surface area (Å²) in [6.45, 7) is 1.89. The number of halogens is 2. The van der Waals surface area contributed by atoms with Crippen molar-refractivity contribution in [1.29, 1.82) is 0 Å². The second kappa shape index (κ2) is 8.69. The molecule has 2 rings (SSSR count). The third kappa shape index (κ3) is 5.61. The van der Waals surface area contributed by atoms with Crippen LogP contribution in [0.2, 0.25) is 5.02 Å². The van der Waals surface area contributed by atoms with Crippen LogP contribution in [-0.2, 0) is 4.79 Å². The van der Waals surface area contributed by atoms with E-state index in [1.54, 1.807) is 11.8 Å². The molecule has 1 aromatic rings. The van der Waals surface area contributed by atoms with Gasteiger partial charge in [0.15, 0.2) is 0 Å². The molecule has 1 atom stereocenters. The van der Waals surface area contributed by atoms with E-state index in [0.717, 1.165) is 35.2 Å². The van der Waals surface area contributed by atoms with Gasteiger partial charge in [-0.3, -0.25) is 4.79 Å². The van der Waals surface area contributed by atoms with Gasteiger partial charge >= 0.3 is 0 Å². The van der Waals surface area contributed by atoms with Crippen LogP contribution >= 0.6 is 35.8 Å². The summed E-state index contributed by atoms with van der Waals surface area (Å²) in [5, 5.41) is 7.01. The van der Waals surface area contributed by atoms with E-state index in [2.05, 4.69) is 10.6 Å². The standard InChI is InChI=1S/C13H17ClN2OS.ClH/c14-11-3-1-2-4-12(11)18-8-6-13(17)16-10-5-7-15-9-10;/h1-4,10,15H,5-9H2,(H,16,17);1H. The zero-order valence-corrected chi connectivity index (χ0v) is 12.9. The number of rotatable bonds is 5. The van der Waals surface area contributed by atoms with Crippen molar-refractivity contribution in [3.8, 4) is 0 Å². The van der Waals surface area contributed by atoms with Gasteiger partial charge in [-0.05, 0) is 25.1 Å². The molecular weight excluding hydrogens is 303 g/mol. The molecule has 0 bridgehead atoms. The zero-order valence-electron chi connectivity index (χ0n) is 10.5.